The molecule has 0 aliphatic carbocycles. The fourth-order valence-electron chi connectivity index (χ4n) is 2.18. The minimum Gasteiger partial charge on any atom is -0.352 e. The maximum absolute atomic E-state index is 11.9. The molecule has 2 N–H and O–H groups in total. The first-order valence-electron chi connectivity index (χ1n) is 6.18. The monoisotopic (exact) mass is 233 g/mol. The van der Waals surface area contributed by atoms with Crippen LogP contribution in [0.1, 0.15) is 25.3 Å². The fraction of sp³-hybridized carbons (Fsp3) is 0.538. The lowest BCUT2D eigenvalue weighted by molar-refractivity contribution is -0.123. The number of hydrogen-bond donors (Lipinski definition) is 2. The molecule has 0 saturated carbocycles. The van der Waals surface area contributed by atoms with E-state index in [1.807, 2.05) is 19.1 Å². The van der Waals surface area contributed by atoms with Crippen LogP contribution in [-0.4, -0.2) is 29.5 Å². The lowest BCUT2D eigenvalue weighted by Crippen LogP contribution is -2.44. The first-order valence-corrected chi connectivity index (χ1v) is 6.18. The molecule has 0 radical (unpaired) electrons. The summed E-state index contributed by atoms with van der Waals surface area (Å²) >= 11 is 0. The number of nitrogens with one attached hydrogen (secondary N) is 2. The number of hydrogen-bond acceptors (Lipinski definition) is 3. The molecule has 0 spiro atoms. The smallest absolute Gasteiger partial charge is 0.237 e. The summed E-state index contributed by atoms with van der Waals surface area (Å²) in [5, 5.41) is 6.25. The largest absolute Gasteiger partial charge is 0.352 e. The summed E-state index contributed by atoms with van der Waals surface area (Å²) in [6, 6.07) is 4.13. The Morgan fingerprint density at radius 3 is 3.00 bits per heavy atom. The van der Waals surface area contributed by atoms with Crippen LogP contribution in [0.4, 0.5) is 0 Å². The Morgan fingerprint density at radius 1 is 1.59 bits per heavy atom. The highest BCUT2D eigenvalue weighted by Gasteiger charge is 2.22. The highest BCUT2D eigenvalue weighted by molar-refractivity contribution is 5.82. The molecule has 0 bridgehead atoms. The molecule has 92 valence electrons. The van der Waals surface area contributed by atoms with Crippen molar-refractivity contribution in [3.8, 4) is 0 Å². The standard InChI is InChI=1S/C13H19N3O/c1-10(9-11-4-7-14-8-5-11)16-13(17)12-3-2-6-15-12/h4-5,7-8,10,12,15H,2-3,6,9H2,1H3,(H,16,17). The number of amides is 1. The van der Waals surface area contributed by atoms with E-state index in [-0.39, 0.29) is 18.0 Å². The lowest BCUT2D eigenvalue weighted by Gasteiger charge is -2.17. The summed E-state index contributed by atoms with van der Waals surface area (Å²) < 4.78 is 0. The van der Waals surface area contributed by atoms with Crippen molar-refractivity contribution in [3.63, 3.8) is 0 Å². The van der Waals surface area contributed by atoms with Crippen LogP contribution >= 0.6 is 0 Å². The second kappa shape index (κ2) is 5.77. The van der Waals surface area contributed by atoms with Gasteiger partial charge in [0.15, 0.2) is 0 Å². The van der Waals surface area contributed by atoms with E-state index in [9.17, 15) is 4.79 Å². The van der Waals surface area contributed by atoms with Gasteiger partial charge in [0.05, 0.1) is 6.04 Å². The molecule has 1 aromatic heterocycles. The Balaban J connectivity index is 1.80. The minimum absolute atomic E-state index is 0.00916. The summed E-state index contributed by atoms with van der Waals surface area (Å²) in [5.41, 5.74) is 1.20. The van der Waals surface area contributed by atoms with Gasteiger partial charge in [-0.25, -0.2) is 0 Å². The second-order valence-electron chi connectivity index (χ2n) is 4.62. The second-order valence-corrected chi connectivity index (χ2v) is 4.62. The van der Waals surface area contributed by atoms with Crippen molar-refractivity contribution in [3.05, 3.63) is 30.1 Å². The van der Waals surface area contributed by atoms with Gasteiger partial charge in [0, 0.05) is 18.4 Å². The van der Waals surface area contributed by atoms with Crippen molar-refractivity contribution in [1.82, 2.24) is 15.6 Å². The maximum atomic E-state index is 11.9. The third kappa shape index (κ3) is 3.53. The van der Waals surface area contributed by atoms with E-state index in [1.165, 1.54) is 5.56 Å². The van der Waals surface area contributed by atoms with Crippen LogP contribution < -0.4 is 10.6 Å². The summed E-state index contributed by atoms with van der Waals surface area (Å²) in [6.45, 7) is 2.99. The number of pyridine rings is 1. The average Bonchev–Trinajstić information content (AvgIpc) is 2.83. The van der Waals surface area contributed by atoms with Gasteiger partial charge in [-0.1, -0.05) is 0 Å². The topological polar surface area (TPSA) is 54.0 Å². The molecule has 17 heavy (non-hydrogen) atoms. The van der Waals surface area contributed by atoms with Crippen molar-refractivity contribution in [2.24, 2.45) is 0 Å². The number of carbonyl (C=O) groups is 1. The van der Waals surface area contributed by atoms with Crippen LogP contribution in [0.2, 0.25) is 0 Å². The first-order chi connectivity index (χ1) is 8.25. The molecule has 4 nitrogen and oxygen atoms in total. The van der Waals surface area contributed by atoms with Gasteiger partial charge in [0.2, 0.25) is 5.91 Å². The van der Waals surface area contributed by atoms with Gasteiger partial charge < -0.3 is 10.6 Å². The Labute approximate surface area is 102 Å². The van der Waals surface area contributed by atoms with E-state index in [4.69, 9.17) is 0 Å². The summed E-state index contributed by atoms with van der Waals surface area (Å²) in [7, 11) is 0. The van der Waals surface area contributed by atoms with Crippen LogP contribution in [0.25, 0.3) is 0 Å². The molecule has 2 rings (SSSR count). The van der Waals surface area contributed by atoms with Crippen LogP contribution in [0.15, 0.2) is 24.5 Å². The normalized spacial score (nSPS) is 21.1. The maximum Gasteiger partial charge on any atom is 0.237 e. The van der Waals surface area contributed by atoms with Crippen molar-refractivity contribution in [2.45, 2.75) is 38.3 Å². The van der Waals surface area contributed by atoms with E-state index in [0.29, 0.717) is 0 Å². The van der Waals surface area contributed by atoms with E-state index >= 15 is 0 Å². The van der Waals surface area contributed by atoms with Gasteiger partial charge in [0.25, 0.3) is 0 Å². The Bertz CT molecular complexity index is 360. The van der Waals surface area contributed by atoms with E-state index in [1.54, 1.807) is 12.4 Å². The van der Waals surface area contributed by atoms with Crippen molar-refractivity contribution < 1.29 is 4.79 Å². The van der Waals surface area contributed by atoms with Crippen molar-refractivity contribution in [1.29, 1.82) is 0 Å². The van der Waals surface area contributed by atoms with E-state index < -0.39 is 0 Å². The fourth-order valence-corrected chi connectivity index (χ4v) is 2.18. The van der Waals surface area contributed by atoms with Gasteiger partial charge in [-0.3, -0.25) is 9.78 Å². The van der Waals surface area contributed by atoms with Gasteiger partial charge in [0.1, 0.15) is 0 Å². The SMILES string of the molecule is CC(Cc1ccncc1)NC(=O)C1CCCN1. The molecule has 1 aliphatic rings. The van der Waals surface area contributed by atoms with Gasteiger partial charge in [-0.2, -0.15) is 0 Å². The first kappa shape index (κ1) is 12.0. The molecular formula is C13H19N3O. The molecule has 2 heterocycles. The van der Waals surface area contributed by atoms with Crippen LogP contribution in [-0.2, 0) is 11.2 Å². The Morgan fingerprint density at radius 2 is 2.35 bits per heavy atom. The molecule has 0 aromatic carbocycles. The van der Waals surface area contributed by atoms with Gasteiger partial charge in [-0.05, 0) is 50.4 Å². The summed E-state index contributed by atoms with van der Waals surface area (Å²) in [4.78, 5) is 15.8. The third-order valence-electron chi connectivity index (χ3n) is 3.06. The van der Waals surface area contributed by atoms with Gasteiger partial charge in [-0.15, -0.1) is 0 Å². The average molecular weight is 233 g/mol. The molecule has 4 heteroatoms. The lowest BCUT2D eigenvalue weighted by atomic mass is 10.1. The number of carbonyl (C=O) groups excluding carboxylic acids is 1. The molecule has 2 unspecified atom stereocenters. The zero-order valence-corrected chi connectivity index (χ0v) is 10.1. The molecular weight excluding hydrogens is 214 g/mol. The molecule has 1 aliphatic heterocycles. The van der Waals surface area contributed by atoms with Crippen molar-refractivity contribution >= 4 is 5.91 Å². The molecule has 2 atom stereocenters. The Hall–Kier alpha value is -1.42. The number of rotatable bonds is 4. The highest BCUT2D eigenvalue weighted by Crippen LogP contribution is 2.06. The number of nitrogens with zero attached hydrogens (tertiary/aromatic N) is 1. The molecule has 1 fully saturated rings. The van der Waals surface area contributed by atoms with E-state index in [0.717, 1.165) is 25.8 Å². The molecule has 1 saturated heterocycles. The summed E-state index contributed by atoms with van der Waals surface area (Å²) in [6.07, 6.45) is 6.45. The highest BCUT2D eigenvalue weighted by atomic mass is 16.2. The molecule has 1 aromatic rings. The zero-order valence-electron chi connectivity index (χ0n) is 10.1. The molecule has 1 amide bonds. The van der Waals surface area contributed by atoms with Crippen LogP contribution in [0.3, 0.4) is 0 Å². The zero-order chi connectivity index (χ0) is 12.1. The van der Waals surface area contributed by atoms with Crippen LogP contribution in [0, 0.1) is 0 Å². The minimum atomic E-state index is 0.00916. The number of aromatic nitrogens is 1. The quantitative estimate of drug-likeness (QED) is 0.811. The van der Waals surface area contributed by atoms with Gasteiger partial charge >= 0.3 is 0 Å². The van der Waals surface area contributed by atoms with Crippen molar-refractivity contribution in [2.75, 3.05) is 6.54 Å². The predicted molar refractivity (Wildman–Crippen MR) is 66.6 cm³/mol. The predicted octanol–water partition coefficient (Wildman–Crippen LogP) is 0.881. The summed E-state index contributed by atoms with van der Waals surface area (Å²) in [5.74, 6) is 0.129. The van der Waals surface area contributed by atoms with E-state index in [2.05, 4.69) is 15.6 Å². The Kier molecular flexibility index (Phi) is 4.09. The van der Waals surface area contributed by atoms with Crippen LogP contribution in [0.5, 0.6) is 0 Å². The third-order valence-corrected chi connectivity index (χ3v) is 3.06.